The molecule has 0 saturated heterocycles. The number of nitrogens with two attached hydrogens (primary N) is 1. The summed E-state index contributed by atoms with van der Waals surface area (Å²) in [4.78, 5) is 18.6. The predicted octanol–water partition coefficient (Wildman–Crippen LogP) is 2.44. The largest absolute Gasteiger partial charge is 0.494 e. The topological polar surface area (TPSA) is 91.5 Å². The Labute approximate surface area is 126 Å². The van der Waals surface area contributed by atoms with Crippen molar-refractivity contribution >= 4 is 22.7 Å². The van der Waals surface area contributed by atoms with Crippen LogP contribution in [0.4, 0.5) is 5.69 Å². The lowest BCUT2D eigenvalue weighted by Gasteiger charge is -2.04. The highest BCUT2D eigenvalue weighted by atomic mass is 16.3. The van der Waals surface area contributed by atoms with Gasteiger partial charge in [0.15, 0.2) is 0 Å². The molecule has 3 rings (SSSR count). The van der Waals surface area contributed by atoms with Gasteiger partial charge in [-0.05, 0) is 23.8 Å². The average molecular weight is 293 g/mol. The summed E-state index contributed by atoms with van der Waals surface area (Å²) in [5.74, 6) is -0.181. The predicted molar refractivity (Wildman–Crippen MR) is 88.4 cm³/mol. The second-order valence-electron chi connectivity index (χ2n) is 4.98. The molecule has 3 aromatic rings. The van der Waals surface area contributed by atoms with Crippen LogP contribution in [0.3, 0.4) is 0 Å². The number of hydrogen-bond donors (Lipinski definition) is 3. The number of anilines is 1. The summed E-state index contributed by atoms with van der Waals surface area (Å²) in [7, 11) is 0. The maximum atomic E-state index is 11.8. The molecule has 0 amide bonds. The second kappa shape index (κ2) is 5.73. The summed E-state index contributed by atoms with van der Waals surface area (Å²) >= 11 is 0. The van der Waals surface area contributed by atoms with E-state index in [1.54, 1.807) is 24.4 Å². The number of aromatic hydroxyl groups is 1. The number of H-pyrrole nitrogens is 1. The van der Waals surface area contributed by atoms with Gasteiger partial charge in [0.1, 0.15) is 0 Å². The smallest absolute Gasteiger partial charge is 0.258 e. The van der Waals surface area contributed by atoms with E-state index in [-0.39, 0.29) is 11.4 Å². The van der Waals surface area contributed by atoms with Gasteiger partial charge < -0.3 is 10.8 Å². The van der Waals surface area contributed by atoms with Crippen LogP contribution in [0, 0.1) is 0 Å². The zero-order valence-corrected chi connectivity index (χ0v) is 11.8. The Kier molecular flexibility index (Phi) is 3.62. The van der Waals surface area contributed by atoms with Crippen LogP contribution in [-0.4, -0.2) is 16.3 Å². The molecule has 0 radical (unpaired) electrons. The number of hydrogen-bond acceptors (Lipinski definition) is 4. The van der Waals surface area contributed by atoms with Crippen molar-refractivity contribution in [2.45, 2.75) is 6.54 Å². The minimum Gasteiger partial charge on any atom is -0.494 e. The van der Waals surface area contributed by atoms with Crippen molar-refractivity contribution in [3.05, 3.63) is 70.0 Å². The number of nitrogens with one attached hydrogen (secondary N) is 1. The van der Waals surface area contributed by atoms with Crippen LogP contribution in [0.15, 0.2) is 58.3 Å². The third-order valence-electron chi connectivity index (χ3n) is 3.39. The van der Waals surface area contributed by atoms with Crippen LogP contribution in [0.25, 0.3) is 10.8 Å². The second-order valence-corrected chi connectivity index (χ2v) is 4.98. The number of fused-ring (bicyclic) bond motifs is 1. The molecule has 110 valence electrons. The van der Waals surface area contributed by atoms with Crippen molar-refractivity contribution in [1.29, 1.82) is 0 Å². The van der Waals surface area contributed by atoms with E-state index in [4.69, 9.17) is 5.73 Å². The summed E-state index contributed by atoms with van der Waals surface area (Å²) in [6.07, 6.45) is 1.57. The maximum absolute atomic E-state index is 11.8. The summed E-state index contributed by atoms with van der Waals surface area (Å²) in [5.41, 5.74) is 7.57. The van der Waals surface area contributed by atoms with Crippen LogP contribution in [-0.2, 0) is 6.54 Å². The van der Waals surface area contributed by atoms with Gasteiger partial charge in [0.05, 0.1) is 12.1 Å². The molecule has 4 N–H and O–H groups in total. The van der Waals surface area contributed by atoms with Crippen LogP contribution in [0.5, 0.6) is 5.88 Å². The Morgan fingerprint density at radius 2 is 1.91 bits per heavy atom. The van der Waals surface area contributed by atoms with Crippen molar-refractivity contribution in [3.63, 3.8) is 0 Å². The Balaban J connectivity index is 1.97. The molecule has 0 fully saturated rings. The monoisotopic (exact) mass is 293 g/mol. The Bertz CT molecular complexity index is 913. The molecule has 0 atom stereocenters. The minimum atomic E-state index is -0.318. The van der Waals surface area contributed by atoms with Crippen molar-refractivity contribution in [1.82, 2.24) is 4.98 Å². The number of rotatable bonds is 3. The number of aromatic nitrogens is 1. The van der Waals surface area contributed by atoms with Gasteiger partial charge in [0.2, 0.25) is 5.88 Å². The average Bonchev–Trinajstić information content (AvgIpc) is 2.51. The van der Waals surface area contributed by atoms with Gasteiger partial charge in [-0.15, -0.1) is 0 Å². The first kappa shape index (κ1) is 13.9. The first-order chi connectivity index (χ1) is 10.6. The molecule has 0 aliphatic heterocycles. The quantitative estimate of drug-likeness (QED) is 0.511. The number of aliphatic imine (C=N–C) groups is 1. The van der Waals surface area contributed by atoms with Gasteiger partial charge in [-0.25, -0.2) is 0 Å². The fourth-order valence-corrected chi connectivity index (χ4v) is 2.35. The van der Waals surface area contributed by atoms with E-state index in [2.05, 4.69) is 9.98 Å². The van der Waals surface area contributed by atoms with E-state index >= 15 is 0 Å². The van der Waals surface area contributed by atoms with Crippen molar-refractivity contribution < 1.29 is 5.11 Å². The fourth-order valence-electron chi connectivity index (χ4n) is 2.35. The van der Waals surface area contributed by atoms with Gasteiger partial charge in [-0.1, -0.05) is 30.3 Å². The highest BCUT2D eigenvalue weighted by Gasteiger charge is 2.08. The SMILES string of the molecule is Nc1cccc(CN=Cc2c(O)[nH]c(=O)c3ccccc23)c1. The van der Waals surface area contributed by atoms with Gasteiger partial charge in [0, 0.05) is 22.7 Å². The number of benzene rings is 2. The lowest BCUT2D eigenvalue weighted by Crippen LogP contribution is -2.07. The van der Waals surface area contributed by atoms with E-state index in [1.807, 2.05) is 30.3 Å². The molecule has 2 aromatic carbocycles. The first-order valence-electron chi connectivity index (χ1n) is 6.83. The van der Waals surface area contributed by atoms with Gasteiger partial charge >= 0.3 is 0 Å². The standard InChI is InChI=1S/C17H15N3O2/c18-12-5-3-4-11(8-12)9-19-10-15-13-6-1-2-7-14(13)16(21)20-17(15)22/h1-8,10H,9,18H2,(H2,20,21,22). The van der Waals surface area contributed by atoms with Crippen molar-refractivity contribution in [3.8, 4) is 5.88 Å². The maximum Gasteiger partial charge on any atom is 0.258 e. The van der Waals surface area contributed by atoms with Crippen LogP contribution in [0.2, 0.25) is 0 Å². The molecule has 0 saturated carbocycles. The zero-order valence-electron chi connectivity index (χ0n) is 11.8. The number of aromatic amines is 1. The van der Waals surface area contributed by atoms with Gasteiger partial charge in [-0.2, -0.15) is 0 Å². The molecule has 5 heteroatoms. The van der Waals surface area contributed by atoms with E-state index in [0.29, 0.717) is 28.6 Å². The summed E-state index contributed by atoms with van der Waals surface area (Å²) in [6, 6.07) is 14.6. The Morgan fingerprint density at radius 1 is 1.14 bits per heavy atom. The highest BCUT2D eigenvalue weighted by molar-refractivity contribution is 6.01. The summed E-state index contributed by atoms with van der Waals surface area (Å²) in [6.45, 7) is 0.442. The minimum absolute atomic E-state index is 0.181. The van der Waals surface area contributed by atoms with Crippen molar-refractivity contribution in [2.75, 3.05) is 5.73 Å². The molecular formula is C17H15N3O2. The Hall–Kier alpha value is -3.08. The molecule has 0 bridgehead atoms. The lowest BCUT2D eigenvalue weighted by molar-refractivity contribution is 0.452. The van der Waals surface area contributed by atoms with Crippen LogP contribution in [0.1, 0.15) is 11.1 Å². The number of nitrogens with zero attached hydrogens (tertiary/aromatic N) is 1. The molecular weight excluding hydrogens is 278 g/mol. The van der Waals surface area contributed by atoms with E-state index in [9.17, 15) is 9.90 Å². The van der Waals surface area contributed by atoms with E-state index in [0.717, 1.165) is 5.56 Å². The summed E-state index contributed by atoms with van der Waals surface area (Å²) in [5, 5.41) is 11.1. The van der Waals surface area contributed by atoms with Crippen LogP contribution >= 0.6 is 0 Å². The third kappa shape index (κ3) is 2.69. The molecule has 0 aliphatic rings. The van der Waals surface area contributed by atoms with Gasteiger partial charge in [0.25, 0.3) is 5.56 Å². The molecule has 0 aliphatic carbocycles. The third-order valence-corrected chi connectivity index (χ3v) is 3.39. The molecule has 22 heavy (non-hydrogen) atoms. The molecule has 0 unspecified atom stereocenters. The van der Waals surface area contributed by atoms with E-state index in [1.165, 1.54) is 0 Å². The first-order valence-corrected chi connectivity index (χ1v) is 6.83. The zero-order chi connectivity index (χ0) is 15.5. The molecule has 1 heterocycles. The lowest BCUT2D eigenvalue weighted by atomic mass is 10.1. The van der Waals surface area contributed by atoms with Gasteiger partial charge in [-0.3, -0.25) is 14.8 Å². The van der Waals surface area contributed by atoms with E-state index < -0.39 is 0 Å². The Morgan fingerprint density at radius 3 is 2.68 bits per heavy atom. The van der Waals surface area contributed by atoms with Crippen molar-refractivity contribution in [2.24, 2.45) is 4.99 Å². The molecule has 1 aromatic heterocycles. The number of pyridine rings is 1. The number of nitrogen functional groups attached to an aromatic ring is 1. The molecule has 0 spiro atoms. The van der Waals surface area contributed by atoms with Crippen LogP contribution < -0.4 is 11.3 Å². The summed E-state index contributed by atoms with van der Waals surface area (Å²) < 4.78 is 0. The highest BCUT2D eigenvalue weighted by Crippen LogP contribution is 2.20. The normalized spacial score (nSPS) is 11.3. The fraction of sp³-hybridized carbons (Fsp3) is 0.0588. The molecule has 5 nitrogen and oxygen atoms in total.